The number of hydrogen-bond acceptors (Lipinski definition) is 6. The van der Waals surface area contributed by atoms with Gasteiger partial charge in [-0.05, 0) is 57.4 Å². The number of ether oxygens (including phenoxy) is 3. The Labute approximate surface area is 186 Å². The molecule has 1 fully saturated rings. The van der Waals surface area contributed by atoms with E-state index in [9.17, 15) is 4.79 Å². The zero-order valence-corrected chi connectivity index (χ0v) is 18.5. The number of hydrogen-bond donors (Lipinski definition) is 1. The van der Waals surface area contributed by atoms with Crippen LogP contribution in [0.25, 0.3) is 22.3 Å². The Morgan fingerprint density at radius 1 is 1.19 bits per heavy atom. The van der Waals surface area contributed by atoms with Gasteiger partial charge in [0.15, 0.2) is 17.1 Å². The molecule has 2 aromatic heterocycles. The van der Waals surface area contributed by atoms with Gasteiger partial charge in [-0.1, -0.05) is 0 Å². The molecule has 1 N–H and O–H groups in total. The van der Waals surface area contributed by atoms with Crippen LogP contribution in [0.3, 0.4) is 0 Å². The summed E-state index contributed by atoms with van der Waals surface area (Å²) in [6.45, 7) is 6.54. The van der Waals surface area contributed by atoms with Gasteiger partial charge in [-0.15, -0.1) is 0 Å². The zero-order valence-electron chi connectivity index (χ0n) is 18.5. The molecule has 1 unspecified atom stereocenters. The molecular weight excluding hydrogens is 408 g/mol. The second-order valence-corrected chi connectivity index (χ2v) is 8.51. The first-order valence-electron chi connectivity index (χ1n) is 11.3. The Hall–Kier alpha value is -3.13. The minimum Gasteiger partial charge on any atom is -0.486 e. The third-order valence-corrected chi connectivity index (χ3v) is 5.91. The van der Waals surface area contributed by atoms with Crippen molar-refractivity contribution in [3.05, 3.63) is 36.0 Å². The van der Waals surface area contributed by atoms with Crippen molar-refractivity contribution < 1.29 is 19.0 Å². The lowest BCUT2D eigenvalue weighted by atomic mass is 10.1. The first-order chi connectivity index (χ1) is 15.6. The summed E-state index contributed by atoms with van der Waals surface area (Å²) in [5, 5.41) is 8.30. The summed E-state index contributed by atoms with van der Waals surface area (Å²) < 4.78 is 18.9. The molecule has 5 rings (SSSR count). The SMILES string of the molecule is CC(C)n1ncc2c(C(=O)NCCC3CCCO3)cc(-c3ccc4c(c3)OCCO4)nc21. The number of aromatic nitrogens is 3. The first-order valence-corrected chi connectivity index (χ1v) is 11.3. The van der Waals surface area contributed by atoms with E-state index in [1.807, 2.05) is 42.8 Å². The molecule has 0 spiro atoms. The minimum absolute atomic E-state index is 0.117. The molecule has 8 nitrogen and oxygen atoms in total. The van der Waals surface area contributed by atoms with Crippen LogP contribution in [-0.4, -0.2) is 53.1 Å². The zero-order chi connectivity index (χ0) is 22.1. The van der Waals surface area contributed by atoms with Gasteiger partial charge in [-0.25, -0.2) is 9.67 Å². The van der Waals surface area contributed by atoms with E-state index in [1.165, 1.54) is 0 Å². The maximum Gasteiger partial charge on any atom is 0.252 e. The minimum atomic E-state index is -0.127. The monoisotopic (exact) mass is 436 g/mol. The molecular formula is C24H28N4O4. The maximum atomic E-state index is 13.2. The summed E-state index contributed by atoms with van der Waals surface area (Å²) in [4.78, 5) is 18.0. The van der Waals surface area contributed by atoms with E-state index in [2.05, 4.69) is 10.4 Å². The maximum absolute atomic E-state index is 13.2. The quantitative estimate of drug-likeness (QED) is 0.633. The van der Waals surface area contributed by atoms with Crippen molar-refractivity contribution in [2.24, 2.45) is 0 Å². The molecule has 3 aromatic rings. The van der Waals surface area contributed by atoms with Crippen molar-refractivity contribution in [3.8, 4) is 22.8 Å². The van der Waals surface area contributed by atoms with E-state index >= 15 is 0 Å². The number of amides is 1. The molecule has 0 bridgehead atoms. The van der Waals surface area contributed by atoms with E-state index in [1.54, 1.807) is 6.20 Å². The van der Waals surface area contributed by atoms with E-state index in [4.69, 9.17) is 19.2 Å². The number of nitrogens with zero attached hydrogens (tertiary/aromatic N) is 3. The van der Waals surface area contributed by atoms with Crippen molar-refractivity contribution in [1.29, 1.82) is 0 Å². The van der Waals surface area contributed by atoms with Crippen LogP contribution in [0, 0.1) is 0 Å². The molecule has 0 radical (unpaired) electrons. The van der Waals surface area contributed by atoms with Gasteiger partial charge in [-0.2, -0.15) is 5.10 Å². The summed E-state index contributed by atoms with van der Waals surface area (Å²) in [5.41, 5.74) is 2.82. The number of carbonyl (C=O) groups is 1. The lowest BCUT2D eigenvalue weighted by Crippen LogP contribution is -2.27. The lowest BCUT2D eigenvalue weighted by Gasteiger charge is -2.19. The van der Waals surface area contributed by atoms with Crippen LogP contribution in [0.1, 0.15) is 49.5 Å². The van der Waals surface area contributed by atoms with Gasteiger partial charge < -0.3 is 19.5 Å². The number of carbonyl (C=O) groups excluding carboxylic acids is 1. The fraction of sp³-hybridized carbons (Fsp3) is 0.458. The molecule has 1 aromatic carbocycles. The van der Waals surface area contributed by atoms with Gasteiger partial charge in [0, 0.05) is 24.8 Å². The Morgan fingerprint density at radius 3 is 2.81 bits per heavy atom. The number of benzene rings is 1. The van der Waals surface area contributed by atoms with E-state index in [0.717, 1.165) is 42.6 Å². The Morgan fingerprint density at radius 2 is 2.03 bits per heavy atom. The van der Waals surface area contributed by atoms with Crippen molar-refractivity contribution >= 4 is 16.9 Å². The molecule has 0 saturated carbocycles. The average molecular weight is 437 g/mol. The normalized spacial score (nSPS) is 17.8. The van der Waals surface area contributed by atoms with Crippen LogP contribution < -0.4 is 14.8 Å². The summed E-state index contributed by atoms with van der Waals surface area (Å²) in [6.07, 6.45) is 4.94. The highest BCUT2D eigenvalue weighted by molar-refractivity contribution is 6.06. The molecule has 2 aliphatic heterocycles. The molecule has 1 saturated heterocycles. The fourth-order valence-corrected chi connectivity index (χ4v) is 4.25. The van der Waals surface area contributed by atoms with E-state index in [0.29, 0.717) is 42.4 Å². The van der Waals surface area contributed by atoms with Gasteiger partial charge in [0.1, 0.15) is 13.2 Å². The van der Waals surface area contributed by atoms with Crippen molar-refractivity contribution in [2.45, 2.75) is 45.3 Å². The highest BCUT2D eigenvalue weighted by Gasteiger charge is 2.21. The van der Waals surface area contributed by atoms with Crippen LogP contribution in [-0.2, 0) is 4.74 Å². The largest absolute Gasteiger partial charge is 0.486 e. The summed E-state index contributed by atoms with van der Waals surface area (Å²) in [6, 6.07) is 7.69. The molecule has 0 aliphatic carbocycles. The standard InChI is InChI=1S/C24H28N4O4/c1-15(2)28-23-19(14-26-28)18(24(29)25-8-7-17-4-3-9-30-17)13-20(27-23)16-5-6-21-22(12-16)32-11-10-31-21/h5-6,12-15,17H,3-4,7-11H2,1-2H3,(H,25,29). The second kappa shape index (κ2) is 8.78. The Bertz CT molecular complexity index is 1130. The first kappa shape index (κ1) is 20.8. The van der Waals surface area contributed by atoms with E-state index < -0.39 is 0 Å². The van der Waals surface area contributed by atoms with Crippen LogP contribution in [0.2, 0.25) is 0 Å². The topological polar surface area (TPSA) is 87.5 Å². The lowest BCUT2D eigenvalue weighted by molar-refractivity contribution is 0.0908. The summed E-state index contributed by atoms with van der Waals surface area (Å²) >= 11 is 0. The smallest absolute Gasteiger partial charge is 0.252 e. The van der Waals surface area contributed by atoms with Gasteiger partial charge in [-0.3, -0.25) is 4.79 Å². The third-order valence-electron chi connectivity index (χ3n) is 5.91. The van der Waals surface area contributed by atoms with Gasteiger partial charge in [0.25, 0.3) is 5.91 Å². The van der Waals surface area contributed by atoms with Crippen LogP contribution in [0.15, 0.2) is 30.5 Å². The molecule has 1 atom stereocenters. The number of rotatable bonds is 6. The highest BCUT2D eigenvalue weighted by atomic mass is 16.6. The molecule has 32 heavy (non-hydrogen) atoms. The van der Waals surface area contributed by atoms with Gasteiger partial charge >= 0.3 is 0 Å². The van der Waals surface area contributed by atoms with Crippen LogP contribution in [0.5, 0.6) is 11.5 Å². The van der Waals surface area contributed by atoms with Crippen molar-refractivity contribution in [3.63, 3.8) is 0 Å². The number of nitrogens with one attached hydrogen (secondary N) is 1. The molecule has 168 valence electrons. The summed E-state index contributed by atoms with van der Waals surface area (Å²) in [5.74, 6) is 1.29. The van der Waals surface area contributed by atoms with E-state index in [-0.39, 0.29) is 18.1 Å². The van der Waals surface area contributed by atoms with Crippen molar-refractivity contribution in [2.75, 3.05) is 26.4 Å². The van der Waals surface area contributed by atoms with Gasteiger partial charge in [0.05, 0.1) is 28.9 Å². The average Bonchev–Trinajstić information content (AvgIpc) is 3.48. The third kappa shape index (κ3) is 4.02. The van der Waals surface area contributed by atoms with Crippen LogP contribution in [0.4, 0.5) is 0 Å². The summed E-state index contributed by atoms with van der Waals surface area (Å²) in [7, 11) is 0. The Balaban J connectivity index is 1.49. The second-order valence-electron chi connectivity index (χ2n) is 8.51. The number of pyridine rings is 1. The Kier molecular flexibility index (Phi) is 5.70. The predicted molar refractivity (Wildman–Crippen MR) is 120 cm³/mol. The molecule has 4 heterocycles. The molecule has 1 amide bonds. The molecule has 8 heteroatoms. The number of fused-ring (bicyclic) bond motifs is 2. The van der Waals surface area contributed by atoms with Crippen LogP contribution >= 0.6 is 0 Å². The highest BCUT2D eigenvalue weighted by Crippen LogP contribution is 2.35. The predicted octanol–water partition coefficient (Wildman–Crippen LogP) is 3.75. The molecule has 2 aliphatic rings. The fourth-order valence-electron chi connectivity index (χ4n) is 4.25. The van der Waals surface area contributed by atoms with Gasteiger partial charge in [0.2, 0.25) is 0 Å². The van der Waals surface area contributed by atoms with Crippen molar-refractivity contribution in [1.82, 2.24) is 20.1 Å².